The van der Waals surface area contributed by atoms with Gasteiger partial charge in [-0.1, -0.05) is 31.4 Å². The zero-order valence-electron chi connectivity index (χ0n) is 15.7. The van der Waals surface area contributed by atoms with Gasteiger partial charge in [0.15, 0.2) is 0 Å². The Morgan fingerprint density at radius 2 is 2.12 bits per heavy atom. The number of benzene rings is 1. The first kappa shape index (κ1) is 18.8. The molecule has 0 spiro atoms. The fraction of sp³-hybridized carbons (Fsp3) is 0.500. The van der Waals surface area contributed by atoms with E-state index in [0.717, 1.165) is 48.9 Å². The summed E-state index contributed by atoms with van der Waals surface area (Å²) in [5, 5.41) is 11.7. The van der Waals surface area contributed by atoms with Gasteiger partial charge < -0.3 is 10.6 Å². The van der Waals surface area contributed by atoms with Crippen molar-refractivity contribution in [1.82, 2.24) is 15.1 Å². The van der Waals surface area contributed by atoms with Crippen LogP contribution in [-0.2, 0) is 23.8 Å². The number of aryl methyl sites for hydroxylation is 2. The van der Waals surface area contributed by atoms with E-state index in [0.29, 0.717) is 5.02 Å². The monoisotopic (exact) mass is 374 g/mol. The molecular weight excluding hydrogens is 348 g/mol. The predicted molar refractivity (Wildman–Crippen MR) is 105 cm³/mol. The van der Waals surface area contributed by atoms with Crippen LogP contribution in [0.15, 0.2) is 30.6 Å². The summed E-state index contributed by atoms with van der Waals surface area (Å²) in [4.78, 5) is 12.9. The average Bonchev–Trinajstić information content (AvgIpc) is 3.26. The molecule has 1 aromatic carbocycles. The lowest BCUT2D eigenvalue weighted by molar-refractivity contribution is -0.123. The molecule has 1 aliphatic rings. The molecule has 5 nitrogen and oxygen atoms in total. The molecule has 0 saturated heterocycles. The number of amides is 1. The van der Waals surface area contributed by atoms with E-state index in [1.807, 2.05) is 44.6 Å². The molecule has 0 bridgehead atoms. The molecule has 2 aromatic rings. The molecule has 140 valence electrons. The Bertz CT molecular complexity index is 780. The normalized spacial score (nSPS) is 17.1. The average molecular weight is 375 g/mol. The predicted octanol–water partition coefficient (Wildman–Crippen LogP) is 4.02. The number of rotatable bonds is 6. The molecule has 1 unspecified atom stereocenters. The van der Waals surface area contributed by atoms with E-state index in [2.05, 4.69) is 22.7 Å². The van der Waals surface area contributed by atoms with Crippen molar-refractivity contribution in [3.05, 3.63) is 46.7 Å². The molecule has 2 N–H and O–H groups in total. The zero-order chi connectivity index (χ0) is 18.7. The number of nitrogens with zero attached hydrogens (tertiary/aromatic N) is 2. The molecular formula is C20H27ClN4O. The van der Waals surface area contributed by atoms with Crippen molar-refractivity contribution >= 4 is 23.2 Å². The van der Waals surface area contributed by atoms with Crippen LogP contribution in [-0.4, -0.2) is 21.7 Å². The van der Waals surface area contributed by atoms with Crippen LogP contribution in [0.4, 0.5) is 5.69 Å². The van der Waals surface area contributed by atoms with Crippen molar-refractivity contribution in [2.75, 3.05) is 5.32 Å². The summed E-state index contributed by atoms with van der Waals surface area (Å²) in [5.41, 5.74) is 2.87. The lowest BCUT2D eigenvalue weighted by Crippen LogP contribution is -2.49. The fourth-order valence-electron chi connectivity index (χ4n) is 3.77. The van der Waals surface area contributed by atoms with E-state index in [1.165, 1.54) is 0 Å². The second-order valence-corrected chi connectivity index (χ2v) is 7.64. The molecule has 1 fully saturated rings. The van der Waals surface area contributed by atoms with Crippen LogP contribution in [0.5, 0.6) is 0 Å². The third kappa shape index (κ3) is 3.88. The molecule has 1 atom stereocenters. The maximum Gasteiger partial charge on any atom is 0.242 e. The van der Waals surface area contributed by atoms with Gasteiger partial charge in [0.05, 0.1) is 11.7 Å². The number of nitrogens with one attached hydrogen (secondary N) is 2. The van der Waals surface area contributed by atoms with Crippen LogP contribution in [0.25, 0.3) is 0 Å². The Kier molecular flexibility index (Phi) is 5.56. The highest BCUT2D eigenvalue weighted by atomic mass is 35.5. The second-order valence-electron chi connectivity index (χ2n) is 7.20. The van der Waals surface area contributed by atoms with Crippen molar-refractivity contribution in [1.29, 1.82) is 0 Å². The maximum atomic E-state index is 12.9. The molecule has 6 heteroatoms. The van der Waals surface area contributed by atoms with Crippen molar-refractivity contribution in [2.24, 2.45) is 7.05 Å². The van der Waals surface area contributed by atoms with Gasteiger partial charge in [-0.15, -0.1) is 0 Å². The molecule has 1 aliphatic carbocycles. The first-order valence-electron chi connectivity index (χ1n) is 9.29. The van der Waals surface area contributed by atoms with E-state index in [4.69, 9.17) is 11.6 Å². The molecule has 0 radical (unpaired) electrons. The molecule has 26 heavy (non-hydrogen) atoms. The number of carbonyl (C=O) groups is 1. The highest BCUT2D eigenvalue weighted by molar-refractivity contribution is 6.30. The minimum absolute atomic E-state index is 0.00718. The van der Waals surface area contributed by atoms with Gasteiger partial charge >= 0.3 is 0 Å². The van der Waals surface area contributed by atoms with E-state index >= 15 is 0 Å². The van der Waals surface area contributed by atoms with Gasteiger partial charge in [0.25, 0.3) is 0 Å². The van der Waals surface area contributed by atoms with Gasteiger partial charge in [-0.3, -0.25) is 9.48 Å². The number of anilines is 1. The fourth-order valence-corrected chi connectivity index (χ4v) is 3.97. The van der Waals surface area contributed by atoms with E-state index in [-0.39, 0.29) is 17.5 Å². The molecule has 1 aromatic heterocycles. The summed E-state index contributed by atoms with van der Waals surface area (Å²) in [5.74, 6) is 0.00718. The molecule has 3 rings (SSSR count). The van der Waals surface area contributed by atoms with Gasteiger partial charge in [0, 0.05) is 29.5 Å². The smallest absolute Gasteiger partial charge is 0.242 e. The number of aromatic nitrogens is 2. The summed E-state index contributed by atoms with van der Waals surface area (Å²) in [7, 11) is 1.91. The lowest BCUT2D eigenvalue weighted by Gasteiger charge is -2.31. The Hall–Kier alpha value is -2.01. The van der Waals surface area contributed by atoms with Crippen molar-refractivity contribution in [2.45, 2.75) is 57.5 Å². The Morgan fingerprint density at radius 1 is 1.38 bits per heavy atom. The minimum atomic E-state index is -0.337. The number of hydrogen-bond acceptors (Lipinski definition) is 3. The number of halogens is 1. The van der Waals surface area contributed by atoms with Gasteiger partial charge in [-0.25, -0.2) is 0 Å². The number of carbonyl (C=O) groups excluding carboxylic acids is 1. The summed E-state index contributed by atoms with van der Waals surface area (Å²) in [6.07, 6.45) is 8.89. The lowest BCUT2D eigenvalue weighted by atomic mass is 9.90. The first-order chi connectivity index (χ1) is 12.4. The quantitative estimate of drug-likeness (QED) is 0.802. The number of hydrogen-bond donors (Lipinski definition) is 2. The molecule has 1 amide bonds. The summed E-state index contributed by atoms with van der Waals surface area (Å²) < 4.78 is 1.80. The van der Waals surface area contributed by atoms with E-state index < -0.39 is 0 Å². The Labute approximate surface area is 160 Å². The first-order valence-corrected chi connectivity index (χ1v) is 9.67. The standard InChI is InChI=1S/C20H27ClN4O/c1-4-15-11-17(21)7-8-18(15)23-14(2)19(26)24-20(9-5-6-10-20)16-12-22-25(3)13-16/h7-8,11-14,23H,4-6,9-10H2,1-3H3,(H,24,26). The summed E-state index contributed by atoms with van der Waals surface area (Å²) >= 11 is 6.08. The second kappa shape index (κ2) is 7.70. The van der Waals surface area contributed by atoms with E-state index in [1.54, 1.807) is 4.68 Å². The van der Waals surface area contributed by atoms with Crippen LogP contribution in [0, 0.1) is 0 Å². The van der Waals surface area contributed by atoms with Crippen molar-refractivity contribution in [3.63, 3.8) is 0 Å². The molecule has 1 saturated carbocycles. The Balaban J connectivity index is 1.74. The van der Waals surface area contributed by atoms with Crippen molar-refractivity contribution in [3.8, 4) is 0 Å². The highest BCUT2D eigenvalue weighted by Gasteiger charge is 2.38. The highest BCUT2D eigenvalue weighted by Crippen LogP contribution is 2.38. The maximum absolute atomic E-state index is 12.9. The topological polar surface area (TPSA) is 59.0 Å². The molecule has 1 heterocycles. The van der Waals surface area contributed by atoms with Crippen molar-refractivity contribution < 1.29 is 4.79 Å². The minimum Gasteiger partial charge on any atom is -0.374 e. The van der Waals surface area contributed by atoms with Gasteiger partial charge in [0.2, 0.25) is 5.91 Å². The SMILES string of the molecule is CCc1cc(Cl)ccc1NC(C)C(=O)NC1(c2cnn(C)c2)CCCC1. The third-order valence-electron chi connectivity index (χ3n) is 5.29. The third-order valence-corrected chi connectivity index (χ3v) is 5.53. The largest absolute Gasteiger partial charge is 0.374 e. The zero-order valence-corrected chi connectivity index (χ0v) is 16.4. The van der Waals surface area contributed by atoms with Crippen LogP contribution in [0.2, 0.25) is 5.02 Å². The van der Waals surface area contributed by atoms with Gasteiger partial charge in [0.1, 0.15) is 6.04 Å². The van der Waals surface area contributed by atoms with Crippen LogP contribution < -0.4 is 10.6 Å². The molecule has 0 aliphatic heterocycles. The van der Waals surface area contributed by atoms with Gasteiger partial charge in [-0.2, -0.15) is 5.10 Å². The van der Waals surface area contributed by atoms with Crippen LogP contribution in [0.3, 0.4) is 0 Å². The Morgan fingerprint density at radius 3 is 2.73 bits per heavy atom. The summed E-state index contributed by atoms with van der Waals surface area (Å²) in [6.45, 7) is 3.98. The van der Waals surface area contributed by atoms with Crippen LogP contribution >= 0.6 is 11.6 Å². The van der Waals surface area contributed by atoms with E-state index in [9.17, 15) is 4.79 Å². The van der Waals surface area contributed by atoms with Gasteiger partial charge in [-0.05, 0) is 49.9 Å². The van der Waals surface area contributed by atoms with Crippen LogP contribution in [0.1, 0.15) is 50.7 Å². The summed E-state index contributed by atoms with van der Waals surface area (Å²) in [6, 6.07) is 5.40.